The number of alkyl halides is 3. The highest BCUT2D eigenvalue weighted by atomic mass is 32.1. The van der Waals surface area contributed by atoms with Gasteiger partial charge in [-0.15, -0.1) is 15.3 Å². The van der Waals surface area contributed by atoms with E-state index in [1.165, 1.54) is 0 Å². The normalized spacial score (nSPS) is 11.8. The summed E-state index contributed by atoms with van der Waals surface area (Å²) >= 11 is 0.734. The lowest BCUT2D eigenvalue weighted by Gasteiger charge is -2.05. The number of hydrogen-bond acceptors (Lipinski definition) is 5. The van der Waals surface area contributed by atoms with E-state index in [0.29, 0.717) is 10.2 Å². The van der Waals surface area contributed by atoms with Gasteiger partial charge in [-0.3, -0.25) is 4.79 Å². The molecule has 1 N–H and O–H groups in total. The number of halogens is 3. The third kappa shape index (κ3) is 2.52. The number of anilines is 1. The number of carbonyl (C=O) groups excluding carboxylic acids is 1. The molecule has 10 heteroatoms. The second-order valence-electron chi connectivity index (χ2n) is 4.39. The molecule has 0 aliphatic heterocycles. The molecule has 0 bridgehead atoms. The highest BCUT2D eigenvalue weighted by Gasteiger charge is 2.38. The molecule has 0 radical (unpaired) electrons. The molecule has 114 valence electrons. The molecular weight excluding hydrogens is 319 g/mol. The number of fused-ring (bicyclic) bond motifs is 1. The van der Waals surface area contributed by atoms with Crippen molar-refractivity contribution >= 4 is 27.9 Å². The molecule has 0 aliphatic rings. The lowest BCUT2D eigenvalue weighted by Crippen LogP contribution is -2.15. The number of nitrogens with one attached hydrogen (secondary N) is 1. The molecule has 0 spiro atoms. The summed E-state index contributed by atoms with van der Waals surface area (Å²) in [7, 11) is 0. The molecule has 2 aromatic heterocycles. The minimum Gasteiger partial charge on any atom is -0.320 e. The van der Waals surface area contributed by atoms with Crippen LogP contribution in [0.5, 0.6) is 0 Å². The molecule has 0 saturated carbocycles. The highest BCUT2D eigenvalue weighted by Crippen LogP contribution is 2.29. The molecule has 0 fully saturated rings. The molecule has 0 unspecified atom stereocenters. The van der Waals surface area contributed by atoms with Crippen LogP contribution in [0.1, 0.15) is 21.2 Å². The molecule has 3 aromatic rings. The molecule has 6 nitrogen and oxygen atoms in total. The van der Waals surface area contributed by atoms with Crippen LogP contribution < -0.4 is 5.32 Å². The third-order valence-corrected chi connectivity index (χ3v) is 3.73. The van der Waals surface area contributed by atoms with Gasteiger partial charge in [0.05, 0.1) is 0 Å². The number of aryl methyl sites for hydroxylation is 1. The fourth-order valence-electron chi connectivity index (χ4n) is 1.77. The number of rotatable bonds is 2. The summed E-state index contributed by atoms with van der Waals surface area (Å²) in [5.41, 5.74) is 1.39. The van der Waals surface area contributed by atoms with Crippen molar-refractivity contribution in [3.63, 3.8) is 0 Å². The number of para-hydroxylation sites is 1. The van der Waals surface area contributed by atoms with E-state index in [1.54, 1.807) is 25.1 Å². The van der Waals surface area contributed by atoms with Crippen LogP contribution >= 0.6 is 11.3 Å². The molecule has 0 aliphatic carbocycles. The first-order valence-corrected chi connectivity index (χ1v) is 6.84. The Labute approximate surface area is 125 Å². The number of amides is 1. The monoisotopic (exact) mass is 327 g/mol. The topological polar surface area (TPSA) is 72.2 Å². The number of carbonyl (C=O) groups is 1. The second-order valence-corrected chi connectivity index (χ2v) is 5.35. The number of hydrogen-bond donors (Lipinski definition) is 1. The van der Waals surface area contributed by atoms with E-state index in [2.05, 4.69) is 20.6 Å². The van der Waals surface area contributed by atoms with Gasteiger partial charge in [-0.2, -0.15) is 17.7 Å². The lowest BCUT2D eigenvalue weighted by atomic mass is 10.2. The Morgan fingerprint density at radius 1 is 1.27 bits per heavy atom. The summed E-state index contributed by atoms with van der Waals surface area (Å²) in [4.78, 5) is 12.0. The Kier molecular flexibility index (Phi) is 3.32. The standard InChI is InChI=1S/C12H8F3N5OS/c1-6-4-2-3-5-7(6)16-8(21)9-19-20-10(12(13,14)15)17-18-11(20)22-9/h2-5H,1H3,(H,16,21). The van der Waals surface area contributed by atoms with Crippen LogP contribution in [0.25, 0.3) is 4.96 Å². The van der Waals surface area contributed by atoms with Gasteiger partial charge in [-0.05, 0) is 18.6 Å². The maximum Gasteiger partial charge on any atom is 0.453 e. The number of benzene rings is 1. The minimum absolute atomic E-state index is 0.0951. The first-order valence-electron chi connectivity index (χ1n) is 6.02. The van der Waals surface area contributed by atoms with Crippen LogP contribution in [-0.2, 0) is 6.18 Å². The van der Waals surface area contributed by atoms with E-state index in [-0.39, 0.29) is 9.97 Å². The quantitative estimate of drug-likeness (QED) is 0.785. The van der Waals surface area contributed by atoms with Crippen molar-refractivity contribution in [3.8, 4) is 0 Å². The van der Waals surface area contributed by atoms with Crippen LogP contribution in [0.4, 0.5) is 18.9 Å². The Balaban J connectivity index is 1.92. The van der Waals surface area contributed by atoms with Crippen molar-refractivity contribution in [1.29, 1.82) is 0 Å². The fourth-order valence-corrected chi connectivity index (χ4v) is 2.51. The van der Waals surface area contributed by atoms with E-state index >= 15 is 0 Å². The van der Waals surface area contributed by atoms with Gasteiger partial charge < -0.3 is 5.32 Å². The van der Waals surface area contributed by atoms with Crippen LogP contribution in [0.15, 0.2) is 24.3 Å². The van der Waals surface area contributed by atoms with Gasteiger partial charge in [0.2, 0.25) is 9.97 Å². The van der Waals surface area contributed by atoms with Crippen molar-refractivity contribution in [2.45, 2.75) is 13.1 Å². The van der Waals surface area contributed by atoms with Crippen molar-refractivity contribution in [3.05, 3.63) is 40.7 Å². The van der Waals surface area contributed by atoms with Gasteiger partial charge in [0, 0.05) is 5.69 Å². The second kappa shape index (κ2) is 5.05. The van der Waals surface area contributed by atoms with E-state index in [1.807, 2.05) is 6.07 Å². The van der Waals surface area contributed by atoms with Crippen molar-refractivity contribution < 1.29 is 18.0 Å². The maximum absolute atomic E-state index is 12.7. The van der Waals surface area contributed by atoms with Gasteiger partial charge >= 0.3 is 6.18 Å². The Morgan fingerprint density at radius 3 is 2.68 bits per heavy atom. The van der Waals surface area contributed by atoms with E-state index in [4.69, 9.17) is 0 Å². The first kappa shape index (κ1) is 14.4. The summed E-state index contributed by atoms with van der Waals surface area (Å²) in [5.74, 6) is -1.85. The lowest BCUT2D eigenvalue weighted by molar-refractivity contribution is -0.146. The van der Waals surface area contributed by atoms with Crippen molar-refractivity contribution in [2.24, 2.45) is 0 Å². The van der Waals surface area contributed by atoms with Crippen LogP contribution in [0, 0.1) is 6.92 Å². The van der Waals surface area contributed by atoms with Gasteiger partial charge in [-0.1, -0.05) is 29.5 Å². The molecule has 1 amide bonds. The molecule has 0 atom stereocenters. The Hall–Kier alpha value is -2.49. The smallest absolute Gasteiger partial charge is 0.320 e. The summed E-state index contributed by atoms with van der Waals surface area (Å²) in [6.45, 7) is 1.80. The van der Waals surface area contributed by atoms with Crippen LogP contribution in [-0.4, -0.2) is 25.7 Å². The Morgan fingerprint density at radius 2 is 2.00 bits per heavy atom. The number of nitrogens with zero attached hydrogens (tertiary/aromatic N) is 4. The molecule has 2 heterocycles. The maximum atomic E-state index is 12.7. The Bertz CT molecular complexity index is 854. The SMILES string of the molecule is Cc1ccccc1NC(=O)c1nn2c(C(F)(F)F)nnc2s1. The zero-order chi connectivity index (χ0) is 15.9. The highest BCUT2D eigenvalue weighted by molar-refractivity contribution is 7.18. The van der Waals surface area contributed by atoms with Gasteiger partial charge in [0.1, 0.15) is 0 Å². The average Bonchev–Trinajstić information content (AvgIpc) is 2.99. The number of aromatic nitrogens is 4. The van der Waals surface area contributed by atoms with Gasteiger partial charge in [0.15, 0.2) is 0 Å². The van der Waals surface area contributed by atoms with Crippen LogP contribution in [0.3, 0.4) is 0 Å². The molecule has 0 saturated heterocycles. The van der Waals surface area contributed by atoms with E-state index in [9.17, 15) is 18.0 Å². The minimum atomic E-state index is -4.68. The molecule has 22 heavy (non-hydrogen) atoms. The summed E-state index contributed by atoms with van der Waals surface area (Å²) in [6.07, 6.45) is -4.68. The zero-order valence-corrected chi connectivity index (χ0v) is 11.9. The predicted octanol–water partition coefficient (Wildman–Crippen LogP) is 2.77. The summed E-state index contributed by atoms with van der Waals surface area (Å²) in [5, 5.41) is 12.5. The molecule has 3 rings (SSSR count). The average molecular weight is 327 g/mol. The van der Waals surface area contributed by atoms with Crippen molar-refractivity contribution in [1.82, 2.24) is 19.8 Å². The van der Waals surface area contributed by atoms with E-state index in [0.717, 1.165) is 16.9 Å². The van der Waals surface area contributed by atoms with E-state index < -0.39 is 17.9 Å². The van der Waals surface area contributed by atoms with Gasteiger partial charge in [-0.25, -0.2) is 0 Å². The predicted molar refractivity (Wildman–Crippen MR) is 72.8 cm³/mol. The van der Waals surface area contributed by atoms with Gasteiger partial charge in [0.25, 0.3) is 11.7 Å². The summed E-state index contributed by atoms with van der Waals surface area (Å²) in [6, 6.07) is 7.04. The summed E-state index contributed by atoms with van der Waals surface area (Å²) < 4.78 is 38.6. The first-order chi connectivity index (χ1) is 10.4. The third-order valence-electron chi connectivity index (χ3n) is 2.83. The molecular formula is C12H8F3N5OS. The largest absolute Gasteiger partial charge is 0.453 e. The zero-order valence-electron chi connectivity index (χ0n) is 11.0. The molecule has 1 aromatic carbocycles. The van der Waals surface area contributed by atoms with Crippen molar-refractivity contribution in [2.75, 3.05) is 5.32 Å². The van der Waals surface area contributed by atoms with Crippen LogP contribution in [0.2, 0.25) is 0 Å². The fraction of sp³-hybridized carbons (Fsp3) is 0.167.